The minimum absolute atomic E-state index is 0.0263. The number of halogens is 1. The molecule has 3 aromatic rings. The monoisotopic (exact) mass is 437 g/mol. The minimum Gasteiger partial charge on any atom is -0.497 e. The van der Waals surface area contributed by atoms with Crippen LogP contribution in [0.15, 0.2) is 67.3 Å². The maximum Gasteiger partial charge on any atom is 0.319 e. The number of hydrogen-bond donors (Lipinski definition) is 2. The van der Waals surface area contributed by atoms with Gasteiger partial charge in [0.2, 0.25) is 0 Å². The Balaban J connectivity index is 1.51. The molecule has 2 atom stereocenters. The van der Waals surface area contributed by atoms with Gasteiger partial charge in [0.05, 0.1) is 25.2 Å². The zero-order valence-electron chi connectivity index (χ0n) is 17.2. The van der Waals surface area contributed by atoms with Crippen LogP contribution in [0.25, 0.3) is 0 Å². The fourth-order valence-electron chi connectivity index (χ4n) is 3.87. The Morgan fingerprint density at radius 2 is 1.81 bits per heavy atom. The van der Waals surface area contributed by atoms with E-state index in [1.807, 2.05) is 24.5 Å². The number of aromatic nitrogens is 2. The predicted octanol–water partition coefficient (Wildman–Crippen LogP) is 4.32. The van der Waals surface area contributed by atoms with Crippen LogP contribution in [0, 0.1) is 0 Å². The Hall–Kier alpha value is -3.32. The van der Waals surface area contributed by atoms with Gasteiger partial charge < -0.3 is 20.3 Å². The maximum atomic E-state index is 12.7. The number of rotatable bonds is 5. The van der Waals surface area contributed by atoms with E-state index in [1.165, 1.54) is 6.33 Å². The van der Waals surface area contributed by atoms with E-state index in [-0.39, 0.29) is 18.0 Å². The number of methoxy groups -OCH3 is 1. The number of amides is 2. The van der Waals surface area contributed by atoms with Crippen molar-refractivity contribution >= 4 is 29.0 Å². The quantitative estimate of drug-likeness (QED) is 0.621. The number of nitrogens with zero attached hydrogens (tertiary/aromatic N) is 3. The van der Waals surface area contributed by atoms with Gasteiger partial charge in [0.25, 0.3) is 0 Å². The van der Waals surface area contributed by atoms with Crippen LogP contribution >= 0.6 is 11.6 Å². The van der Waals surface area contributed by atoms with Crippen molar-refractivity contribution in [3.8, 4) is 5.75 Å². The average molecular weight is 438 g/mol. The van der Waals surface area contributed by atoms with Crippen LogP contribution in [-0.2, 0) is 0 Å². The SMILES string of the molecule is COc1ccc([C@@H]2CN(c3cncnc3)CC[C@H]2NC(=O)Nc2ccc(Cl)cc2)cc1. The third-order valence-electron chi connectivity index (χ3n) is 5.49. The van der Waals surface area contributed by atoms with Gasteiger partial charge in [0, 0.05) is 35.8 Å². The smallest absolute Gasteiger partial charge is 0.319 e. The summed E-state index contributed by atoms with van der Waals surface area (Å²) < 4.78 is 5.30. The van der Waals surface area contributed by atoms with E-state index in [2.05, 4.69) is 37.6 Å². The van der Waals surface area contributed by atoms with Crippen molar-refractivity contribution in [1.29, 1.82) is 0 Å². The molecule has 2 amide bonds. The van der Waals surface area contributed by atoms with Crippen molar-refractivity contribution in [2.75, 3.05) is 30.4 Å². The second-order valence-corrected chi connectivity index (χ2v) is 7.86. The van der Waals surface area contributed by atoms with Gasteiger partial charge in [-0.15, -0.1) is 0 Å². The number of carbonyl (C=O) groups excluding carboxylic acids is 1. The molecule has 0 bridgehead atoms. The Morgan fingerprint density at radius 1 is 1.10 bits per heavy atom. The summed E-state index contributed by atoms with van der Waals surface area (Å²) in [6, 6.07) is 14.8. The molecule has 4 rings (SSSR count). The normalized spacial score (nSPS) is 18.3. The molecule has 1 aliphatic heterocycles. The first kappa shape index (κ1) is 20.9. The number of piperidine rings is 1. The van der Waals surface area contributed by atoms with Crippen LogP contribution in [0.4, 0.5) is 16.2 Å². The van der Waals surface area contributed by atoms with Crippen LogP contribution in [0.1, 0.15) is 17.9 Å². The highest BCUT2D eigenvalue weighted by atomic mass is 35.5. The molecular formula is C23H24ClN5O2. The fraction of sp³-hybridized carbons (Fsp3) is 0.261. The largest absolute Gasteiger partial charge is 0.497 e. The molecule has 7 nitrogen and oxygen atoms in total. The molecule has 31 heavy (non-hydrogen) atoms. The lowest BCUT2D eigenvalue weighted by atomic mass is 9.85. The summed E-state index contributed by atoms with van der Waals surface area (Å²) in [4.78, 5) is 23.2. The number of hydrogen-bond acceptors (Lipinski definition) is 5. The summed E-state index contributed by atoms with van der Waals surface area (Å²) in [5.41, 5.74) is 2.81. The van der Waals surface area contributed by atoms with Crippen molar-refractivity contribution in [2.45, 2.75) is 18.4 Å². The van der Waals surface area contributed by atoms with E-state index in [0.29, 0.717) is 10.7 Å². The highest BCUT2D eigenvalue weighted by Crippen LogP contribution is 2.31. The highest BCUT2D eigenvalue weighted by molar-refractivity contribution is 6.30. The zero-order valence-corrected chi connectivity index (χ0v) is 17.9. The Bertz CT molecular complexity index is 999. The van der Waals surface area contributed by atoms with Crippen LogP contribution < -0.4 is 20.3 Å². The molecule has 1 aliphatic rings. The number of anilines is 2. The molecule has 0 spiro atoms. The second kappa shape index (κ2) is 9.66. The van der Waals surface area contributed by atoms with Crippen LogP contribution in [0.5, 0.6) is 5.75 Å². The summed E-state index contributed by atoms with van der Waals surface area (Å²) in [6.07, 6.45) is 5.96. The number of benzene rings is 2. The van der Waals surface area contributed by atoms with Crippen molar-refractivity contribution in [2.24, 2.45) is 0 Å². The van der Waals surface area contributed by atoms with E-state index in [4.69, 9.17) is 16.3 Å². The number of urea groups is 1. The van der Waals surface area contributed by atoms with E-state index >= 15 is 0 Å². The standard InChI is InChI=1S/C23H24ClN5O2/c1-31-20-8-2-16(3-9-20)21-14-29(19-12-25-15-26-13-19)11-10-22(21)28-23(30)27-18-6-4-17(24)5-7-18/h2-9,12-13,15,21-22H,10-11,14H2,1H3,(H2,27,28,30)/t21-,22+/m0/s1. The molecule has 1 fully saturated rings. The lowest BCUT2D eigenvalue weighted by Crippen LogP contribution is -2.50. The first-order valence-corrected chi connectivity index (χ1v) is 10.5. The Morgan fingerprint density at radius 3 is 2.48 bits per heavy atom. The van der Waals surface area contributed by atoms with E-state index < -0.39 is 0 Å². The van der Waals surface area contributed by atoms with Gasteiger partial charge in [-0.2, -0.15) is 0 Å². The molecule has 1 aromatic heterocycles. The first-order chi connectivity index (χ1) is 15.1. The molecule has 1 saturated heterocycles. The topological polar surface area (TPSA) is 79.4 Å². The molecule has 0 unspecified atom stereocenters. The van der Waals surface area contributed by atoms with E-state index in [0.717, 1.165) is 36.5 Å². The molecule has 2 heterocycles. The van der Waals surface area contributed by atoms with E-state index in [9.17, 15) is 4.79 Å². The molecule has 8 heteroatoms. The van der Waals surface area contributed by atoms with Gasteiger partial charge in [-0.3, -0.25) is 0 Å². The second-order valence-electron chi connectivity index (χ2n) is 7.42. The molecular weight excluding hydrogens is 414 g/mol. The van der Waals surface area contributed by atoms with Crippen LogP contribution in [-0.4, -0.2) is 42.2 Å². The van der Waals surface area contributed by atoms with Crippen molar-refractivity contribution in [1.82, 2.24) is 15.3 Å². The van der Waals surface area contributed by atoms with E-state index in [1.54, 1.807) is 31.4 Å². The first-order valence-electron chi connectivity index (χ1n) is 10.1. The Labute approximate surface area is 186 Å². The molecule has 2 aromatic carbocycles. The Kier molecular flexibility index (Phi) is 6.52. The number of nitrogens with one attached hydrogen (secondary N) is 2. The number of ether oxygens (including phenoxy) is 1. The predicted molar refractivity (Wildman–Crippen MR) is 122 cm³/mol. The average Bonchev–Trinajstić information content (AvgIpc) is 2.81. The summed E-state index contributed by atoms with van der Waals surface area (Å²) >= 11 is 5.93. The van der Waals surface area contributed by atoms with Crippen molar-refractivity contribution < 1.29 is 9.53 Å². The summed E-state index contributed by atoms with van der Waals surface area (Å²) in [5, 5.41) is 6.67. The van der Waals surface area contributed by atoms with Crippen LogP contribution in [0.2, 0.25) is 5.02 Å². The van der Waals surface area contributed by atoms with Crippen LogP contribution in [0.3, 0.4) is 0 Å². The van der Waals surface area contributed by atoms with Gasteiger partial charge in [-0.05, 0) is 48.4 Å². The molecule has 0 radical (unpaired) electrons. The fourth-order valence-corrected chi connectivity index (χ4v) is 4.00. The molecule has 2 N–H and O–H groups in total. The van der Waals surface area contributed by atoms with Gasteiger partial charge >= 0.3 is 6.03 Å². The molecule has 160 valence electrons. The zero-order chi connectivity index (χ0) is 21.6. The number of carbonyl (C=O) groups is 1. The lowest BCUT2D eigenvalue weighted by Gasteiger charge is -2.40. The summed E-state index contributed by atoms with van der Waals surface area (Å²) in [7, 11) is 1.65. The molecule has 0 aliphatic carbocycles. The summed E-state index contributed by atoms with van der Waals surface area (Å²) in [6.45, 7) is 1.54. The maximum absolute atomic E-state index is 12.7. The van der Waals surface area contributed by atoms with Gasteiger partial charge in [0.1, 0.15) is 12.1 Å². The van der Waals surface area contributed by atoms with Crippen molar-refractivity contribution in [3.05, 3.63) is 77.8 Å². The third-order valence-corrected chi connectivity index (χ3v) is 5.74. The highest BCUT2D eigenvalue weighted by Gasteiger charge is 2.32. The third kappa shape index (κ3) is 5.24. The van der Waals surface area contributed by atoms with Gasteiger partial charge in [0.15, 0.2) is 0 Å². The van der Waals surface area contributed by atoms with Gasteiger partial charge in [-0.25, -0.2) is 14.8 Å². The van der Waals surface area contributed by atoms with Gasteiger partial charge in [-0.1, -0.05) is 23.7 Å². The summed E-state index contributed by atoms with van der Waals surface area (Å²) in [5.74, 6) is 0.897. The molecule has 0 saturated carbocycles. The van der Waals surface area contributed by atoms with Crippen molar-refractivity contribution in [3.63, 3.8) is 0 Å². The minimum atomic E-state index is -0.234. The lowest BCUT2D eigenvalue weighted by molar-refractivity contribution is 0.243.